The SMILES string of the molecule is O.O.O.O.O.O.O.O.O.O.O=C([O-])[O-].O=C([O-])[O-].O=C([O-])[O-].[La+3].[La+3]. The molecule has 0 aliphatic rings. The Kier molecular flexibility index (Phi) is 932. The maximum absolute atomic E-state index is 8.33. The normalized spacial score (nSPS) is 3.00. The van der Waals surface area contributed by atoms with E-state index in [1.807, 2.05) is 0 Å². The molecule has 152 valence electrons. The standard InChI is InChI=1S/3CH2O3.2La.10H2O/c3*2-1(3)4;;;;;;;;;;;;/h3*(H2,2,3,4);;;10*1H2/q;;;2*+3;;;;;;;;;;/p-6. The van der Waals surface area contributed by atoms with Crippen molar-refractivity contribution in [3.63, 3.8) is 0 Å². The van der Waals surface area contributed by atoms with E-state index in [1.165, 1.54) is 0 Å². The second kappa shape index (κ2) is 140. The molecule has 24 heavy (non-hydrogen) atoms. The van der Waals surface area contributed by atoms with E-state index in [0.29, 0.717) is 0 Å². The van der Waals surface area contributed by atoms with Crippen LogP contribution in [0.4, 0.5) is 14.4 Å². The van der Waals surface area contributed by atoms with Crippen molar-refractivity contribution in [2.75, 3.05) is 0 Å². The first kappa shape index (κ1) is 160. The molecule has 0 unspecified atom stereocenters. The minimum atomic E-state index is -2.33. The number of hydrogen-bond acceptors (Lipinski definition) is 9. The first-order valence-electron chi connectivity index (χ1n) is 1.84. The molecule has 0 bridgehead atoms. The van der Waals surface area contributed by atoms with Gasteiger partial charge in [0.25, 0.3) is 0 Å². The third-order valence-electron chi connectivity index (χ3n) is 0. The van der Waals surface area contributed by atoms with Crippen LogP contribution in [0.1, 0.15) is 0 Å². The fourth-order valence-corrected chi connectivity index (χ4v) is 0. The van der Waals surface area contributed by atoms with E-state index < -0.39 is 18.5 Å². The van der Waals surface area contributed by atoms with Gasteiger partial charge in [-0.2, -0.15) is 0 Å². The van der Waals surface area contributed by atoms with E-state index >= 15 is 0 Å². The Labute approximate surface area is 188 Å². The summed E-state index contributed by atoms with van der Waals surface area (Å²) >= 11 is 0. The number of hydrogen-bond donors (Lipinski definition) is 0. The molecular weight excluding hydrogens is 618 g/mol. The summed E-state index contributed by atoms with van der Waals surface area (Å²) in [5.74, 6) is 0. The molecule has 20 N–H and O–H groups in total. The second-order valence-electron chi connectivity index (χ2n) is 0.750. The van der Waals surface area contributed by atoms with Crippen LogP contribution >= 0.6 is 0 Å². The summed E-state index contributed by atoms with van der Waals surface area (Å²) in [7, 11) is 0. The van der Waals surface area contributed by atoms with Crippen molar-refractivity contribution in [3.05, 3.63) is 0 Å². The summed E-state index contributed by atoms with van der Waals surface area (Å²) in [6, 6.07) is 0. The Balaban J connectivity index is -0.00000000312. The minimum absolute atomic E-state index is 0. The van der Waals surface area contributed by atoms with Crippen molar-refractivity contribution in [2.24, 2.45) is 0 Å². The quantitative estimate of drug-likeness (QED) is 0.243. The summed E-state index contributed by atoms with van der Waals surface area (Å²) in [5.41, 5.74) is 0. The molecule has 0 rings (SSSR count). The molecule has 0 saturated carbocycles. The van der Waals surface area contributed by atoms with Crippen LogP contribution in [0.5, 0.6) is 0 Å². The van der Waals surface area contributed by atoms with Crippen LogP contribution in [0, 0.1) is 71.2 Å². The molecule has 0 aliphatic carbocycles. The van der Waals surface area contributed by atoms with Crippen LogP contribution in [-0.4, -0.2) is 73.2 Å². The van der Waals surface area contributed by atoms with Gasteiger partial charge in [-0.3, -0.25) is 0 Å². The molecule has 0 fully saturated rings. The largest absolute Gasteiger partial charge is 3.00 e. The fraction of sp³-hybridized carbons (Fsp3) is 0. The van der Waals surface area contributed by atoms with Crippen LogP contribution in [0.2, 0.25) is 0 Å². The van der Waals surface area contributed by atoms with Crippen molar-refractivity contribution >= 4 is 18.5 Å². The molecule has 19 nitrogen and oxygen atoms in total. The van der Waals surface area contributed by atoms with Gasteiger partial charge in [-0.15, -0.1) is 0 Å². The van der Waals surface area contributed by atoms with Gasteiger partial charge in [-0.25, -0.2) is 0 Å². The molecule has 0 aliphatic heterocycles. The predicted molar refractivity (Wildman–Crippen MR) is 52.3 cm³/mol. The smallest absolute Gasteiger partial charge is 0.652 e. The van der Waals surface area contributed by atoms with Gasteiger partial charge < -0.3 is 99.8 Å². The molecule has 0 aromatic carbocycles. The molecule has 0 aromatic rings. The molecule has 21 heteroatoms. The maximum atomic E-state index is 8.33. The molecule has 0 aromatic heterocycles. The molecule has 0 atom stereocenters. The average Bonchev–Trinajstić information content (AvgIpc) is 1.54. The third kappa shape index (κ3) is 235000. The van der Waals surface area contributed by atoms with Crippen LogP contribution < -0.4 is 30.6 Å². The van der Waals surface area contributed by atoms with Gasteiger partial charge in [0.1, 0.15) is 0 Å². The molecular formula is C3H20La2O19. The van der Waals surface area contributed by atoms with Crippen LogP contribution in [0.25, 0.3) is 0 Å². The second-order valence-corrected chi connectivity index (χ2v) is 0.750. The predicted octanol–water partition coefficient (Wildman–Crippen LogP) is -15.6. The van der Waals surface area contributed by atoms with E-state index in [9.17, 15) is 0 Å². The zero-order chi connectivity index (χ0) is 10.7. The topological polar surface area (TPSA) is 505 Å². The third-order valence-corrected chi connectivity index (χ3v) is 0. The Morgan fingerprint density at radius 3 is 0.333 bits per heavy atom. The Morgan fingerprint density at radius 1 is 0.333 bits per heavy atom. The van der Waals surface area contributed by atoms with Gasteiger partial charge in [-0.05, 0) is 18.5 Å². The Hall–Kier alpha value is -0.200. The fourth-order valence-electron chi connectivity index (χ4n) is 0. The van der Waals surface area contributed by atoms with Crippen molar-refractivity contribution in [3.8, 4) is 0 Å². The van der Waals surface area contributed by atoms with Gasteiger partial charge in [0.15, 0.2) is 0 Å². The zero-order valence-electron chi connectivity index (χ0n) is 11.3. The van der Waals surface area contributed by atoms with E-state index in [4.69, 9.17) is 45.0 Å². The van der Waals surface area contributed by atoms with Gasteiger partial charge in [0, 0.05) is 0 Å². The Morgan fingerprint density at radius 2 is 0.333 bits per heavy atom. The van der Waals surface area contributed by atoms with E-state index in [1.54, 1.807) is 0 Å². The van der Waals surface area contributed by atoms with Crippen LogP contribution in [-0.2, 0) is 0 Å². The monoisotopic (exact) mass is 638 g/mol. The first-order valence-corrected chi connectivity index (χ1v) is 1.84. The summed E-state index contributed by atoms with van der Waals surface area (Å²) in [6.07, 6.45) is -7.00. The van der Waals surface area contributed by atoms with E-state index in [2.05, 4.69) is 0 Å². The van der Waals surface area contributed by atoms with Crippen molar-refractivity contribution in [2.45, 2.75) is 0 Å². The summed E-state index contributed by atoms with van der Waals surface area (Å²) in [5, 5.41) is 50.0. The van der Waals surface area contributed by atoms with Crippen molar-refractivity contribution in [1.29, 1.82) is 0 Å². The molecule has 0 saturated heterocycles. The van der Waals surface area contributed by atoms with Crippen molar-refractivity contribution < 1.29 is 171 Å². The number of carbonyl (C=O) groups excluding carboxylic acids is 3. The summed E-state index contributed by atoms with van der Waals surface area (Å²) in [6.45, 7) is 0. The van der Waals surface area contributed by atoms with E-state index in [0.717, 1.165) is 0 Å². The molecule has 0 radical (unpaired) electrons. The molecule has 0 heterocycles. The van der Waals surface area contributed by atoms with Crippen molar-refractivity contribution in [1.82, 2.24) is 0 Å². The van der Waals surface area contributed by atoms with Gasteiger partial charge in [0.2, 0.25) is 0 Å². The van der Waals surface area contributed by atoms with Gasteiger partial charge >= 0.3 is 71.2 Å². The molecule has 0 amide bonds. The Bertz CT molecular complexity index is 120. The van der Waals surface area contributed by atoms with E-state index in [-0.39, 0.29) is 126 Å². The average molecular weight is 638 g/mol. The van der Waals surface area contributed by atoms with Gasteiger partial charge in [-0.1, -0.05) is 0 Å². The summed E-state index contributed by atoms with van der Waals surface area (Å²) in [4.78, 5) is 25.0. The van der Waals surface area contributed by atoms with Crippen LogP contribution in [0.3, 0.4) is 0 Å². The first-order chi connectivity index (χ1) is 5.20. The maximum Gasteiger partial charge on any atom is 3.00 e. The number of carbonyl (C=O) groups is 3. The summed E-state index contributed by atoms with van der Waals surface area (Å²) < 4.78 is 0. The minimum Gasteiger partial charge on any atom is -0.652 e. The van der Waals surface area contributed by atoms with Crippen LogP contribution in [0.15, 0.2) is 0 Å². The molecule has 0 spiro atoms. The number of carboxylic acid groups (broad SMARTS) is 6. The zero-order valence-corrected chi connectivity index (χ0v) is 18.6. The van der Waals surface area contributed by atoms with Gasteiger partial charge in [0.05, 0.1) is 0 Å². The number of rotatable bonds is 0.